The molecule has 0 saturated carbocycles. The zero-order valence-corrected chi connectivity index (χ0v) is 12.5. The van der Waals surface area contributed by atoms with E-state index >= 15 is 0 Å². The molecule has 0 aromatic heterocycles. The van der Waals surface area contributed by atoms with Gasteiger partial charge >= 0.3 is 0 Å². The van der Waals surface area contributed by atoms with Gasteiger partial charge in [0.1, 0.15) is 17.0 Å². The Morgan fingerprint density at radius 2 is 1.89 bits per heavy atom. The van der Waals surface area contributed by atoms with E-state index < -0.39 is 11.4 Å². The Kier molecular flexibility index (Phi) is 3.39. The molecule has 2 nitrogen and oxygen atoms in total. The van der Waals surface area contributed by atoms with Crippen LogP contribution in [0.3, 0.4) is 0 Å². The Morgan fingerprint density at radius 3 is 2.63 bits per heavy atom. The molecule has 0 spiro atoms. The van der Waals surface area contributed by atoms with Crippen LogP contribution in [0.1, 0.15) is 11.1 Å². The molecule has 19 heavy (non-hydrogen) atoms. The lowest BCUT2D eigenvalue weighted by atomic mass is 10.2. The van der Waals surface area contributed by atoms with Gasteiger partial charge in [-0.3, -0.25) is 0 Å². The van der Waals surface area contributed by atoms with E-state index in [1.54, 1.807) is 10.4 Å². The van der Waals surface area contributed by atoms with Gasteiger partial charge in [-0.05, 0) is 30.7 Å². The summed E-state index contributed by atoms with van der Waals surface area (Å²) in [4.78, 5) is 0.853. The first-order valence-electron chi connectivity index (χ1n) is 5.81. The van der Waals surface area contributed by atoms with Crippen molar-refractivity contribution in [3.05, 3.63) is 57.6 Å². The van der Waals surface area contributed by atoms with Gasteiger partial charge < -0.3 is 4.55 Å². The van der Waals surface area contributed by atoms with E-state index in [1.165, 1.54) is 0 Å². The topological polar surface area (TPSA) is 26.3 Å². The van der Waals surface area contributed by atoms with Crippen molar-refractivity contribution < 1.29 is 4.55 Å². The zero-order chi connectivity index (χ0) is 13.6. The van der Waals surface area contributed by atoms with Gasteiger partial charge in [-0.15, -0.1) is 0 Å². The number of nitrogens with zero attached hydrogens (tertiary/aromatic N) is 1. The van der Waals surface area contributed by atoms with Crippen LogP contribution in [0.15, 0.2) is 41.3 Å². The number of fused-ring (bicyclic) bond motifs is 1. The Hall–Kier alpha value is -0.870. The van der Waals surface area contributed by atoms with Gasteiger partial charge in [-0.2, -0.15) is 4.31 Å². The molecule has 2 aromatic carbocycles. The first kappa shape index (κ1) is 13.1. The maximum Gasteiger partial charge on any atom is 0.185 e. The lowest BCUT2D eigenvalue weighted by Crippen LogP contribution is -2.24. The average molecular weight is 312 g/mol. The maximum absolute atomic E-state index is 12.5. The van der Waals surface area contributed by atoms with Gasteiger partial charge in [-0.25, -0.2) is 0 Å². The van der Waals surface area contributed by atoms with Crippen molar-refractivity contribution in [2.45, 2.75) is 18.4 Å². The van der Waals surface area contributed by atoms with Crippen LogP contribution in [0.25, 0.3) is 0 Å². The van der Waals surface area contributed by atoms with Crippen LogP contribution in [0.4, 0.5) is 5.69 Å². The summed E-state index contributed by atoms with van der Waals surface area (Å²) in [7, 11) is 0. The lowest BCUT2D eigenvalue weighted by Gasteiger charge is -2.20. The molecule has 98 valence electrons. The lowest BCUT2D eigenvalue weighted by molar-refractivity contribution is 0.595. The molecule has 0 bridgehead atoms. The van der Waals surface area contributed by atoms with Crippen LogP contribution in [0.2, 0.25) is 10.0 Å². The van der Waals surface area contributed by atoms with Crippen LogP contribution in [0.5, 0.6) is 0 Å². The largest absolute Gasteiger partial charge is 0.588 e. The van der Waals surface area contributed by atoms with Crippen LogP contribution < -0.4 is 4.31 Å². The fourth-order valence-corrected chi connectivity index (χ4v) is 4.05. The highest BCUT2D eigenvalue weighted by atomic mass is 35.5. The fourth-order valence-electron chi connectivity index (χ4n) is 2.15. The molecule has 1 aliphatic rings. The van der Waals surface area contributed by atoms with Crippen molar-refractivity contribution in [1.82, 2.24) is 0 Å². The minimum atomic E-state index is -1.21. The van der Waals surface area contributed by atoms with E-state index in [9.17, 15) is 4.55 Å². The third kappa shape index (κ3) is 2.11. The first-order valence-corrected chi connectivity index (χ1v) is 7.68. The maximum atomic E-state index is 12.5. The Labute approximate surface area is 125 Å². The van der Waals surface area contributed by atoms with Gasteiger partial charge in [0.15, 0.2) is 4.90 Å². The molecule has 1 unspecified atom stereocenters. The second-order valence-corrected chi connectivity index (χ2v) is 6.56. The predicted molar refractivity (Wildman–Crippen MR) is 80.2 cm³/mol. The molecular formula is C14H11Cl2NOS. The van der Waals surface area contributed by atoms with Gasteiger partial charge in [-0.1, -0.05) is 41.4 Å². The molecule has 2 aromatic rings. The minimum absolute atomic E-state index is 0.564. The number of anilines is 1. The van der Waals surface area contributed by atoms with Gasteiger partial charge in [0.2, 0.25) is 0 Å². The second-order valence-electron chi connectivity index (χ2n) is 4.40. The molecule has 1 heterocycles. The molecule has 5 heteroatoms. The van der Waals surface area contributed by atoms with E-state index in [2.05, 4.69) is 0 Å². The zero-order valence-electron chi connectivity index (χ0n) is 10.2. The van der Waals surface area contributed by atoms with Crippen LogP contribution in [0, 0.1) is 6.92 Å². The first-order chi connectivity index (χ1) is 9.09. The minimum Gasteiger partial charge on any atom is -0.588 e. The van der Waals surface area contributed by atoms with Gasteiger partial charge in [0.05, 0.1) is 11.6 Å². The summed E-state index contributed by atoms with van der Waals surface area (Å²) in [5.74, 6) is 0. The molecule has 0 radical (unpaired) electrons. The SMILES string of the molecule is Cc1c(Cl)ccc(N2Cc3ccccc3[S+]2[O-])c1Cl. The Balaban J connectivity index is 2.05. The molecule has 3 rings (SSSR count). The number of benzene rings is 2. The molecule has 1 aliphatic heterocycles. The average Bonchev–Trinajstić information content (AvgIpc) is 2.74. The van der Waals surface area contributed by atoms with Crippen LogP contribution in [-0.4, -0.2) is 4.55 Å². The molecule has 0 aliphatic carbocycles. The smallest absolute Gasteiger partial charge is 0.185 e. The second kappa shape index (κ2) is 4.91. The highest BCUT2D eigenvalue weighted by molar-refractivity contribution is 7.93. The van der Waals surface area contributed by atoms with E-state index in [1.807, 2.05) is 37.3 Å². The van der Waals surface area contributed by atoms with E-state index in [0.29, 0.717) is 16.6 Å². The number of halogens is 2. The van der Waals surface area contributed by atoms with Crippen molar-refractivity contribution in [3.8, 4) is 0 Å². The summed E-state index contributed by atoms with van der Waals surface area (Å²) in [6, 6.07) is 11.3. The summed E-state index contributed by atoms with van der Waals surface area (Å²) >= 11 is 11.2. The summed E-state index contributed by atoms with van der Waals surface area (Å²) in [5, 5.41) is 1.19. The highest BCUT2D eigenvalue weighted by Gasteiger charge is 2.35. The third-order valence-corrected chi connectivity index (χ3v) is 5.63. The van der Waals surface area contributed by atoms with Crippen molar-refractivity contribution in [1.29, 1.82) is 0 Å². The Morgan fingerprint density at radius 1 is 1.16 bits per heavy atom. The highest BCUT2D eigenvalue weighted by Crippen LogP contribution is 2.40. The Bertz CT molecular complexity index is 647. The summed E-state index contributed by atoms with van der Waals surface area (Å²) in [6.07, 6.45) is 0. The van der Waals surface area contributed by atoms with E-state index in [0.717, 1.165) is 21.7 Å². The monoisotopic (exact) mass is 311 g/mol. The van der Waals surface area contributed by atoms with E-state index in [4.69, 9.17) is 23.2 Å². The predicted octanol–water partition coefficient (Wildman–Crippen LogP) is 4.34. The van der Waals surface area contributed by atoms with Crippen molar-refractivity contribution in [2.75, 3.05) is 4.31 Å². The molecule has 0 saturated heterocycles. The molecule has 0 N–H and O–H groups in total. The van der Waals surface area contributed by atoms with E-state index in [-0.39, 0.29) is 0 Å². The molecule has 1 atom stereocenters. The molecule has 0 fully saturated rings. The van der Waals surface area contributed by atoms with Crippen molar-refractivity contribution >= 4 is 40.3 Å². The van der Waals surface area contributed by atoms with Crippen molar-refractivity contribution in [2.24, 2.45) is 0 Å². The standard InChI is InChI=1S/C14H11Cl2NOS/c1-9-11(15)6-7-12(14(9)16)17-8-10-4-2-3-5-13(10)19(17)18/h2-7H,8H2,1H3. The summed E-state index contributed by atoms with van der Waals surface area (Å²) in [5.41, 5.74) is 2.65. The van der Waals surface area contributed by atoms with Crippen LogP contribution in [-0.2, 0) is 17.9 Å². The third-order valence-electron chi connectivity index (χ3n) is 3.24. The summed E-state index contributed by atoms with van der Waals surface area (Å²) < 4.78 is 14.3. The molecule has 0 amide bonds. The number of hydrogen-bond donors (Lipinski definition) is 0. The summed E-state index contributed by atoms with van der Waals surface area (Å²) in [6.45, 7) is 2.46. The number of rotatable bonds is 1. The normalized spacial score (nSPS) is 17.7. The fraction of sp³-hybridized carbons (Fsp3) is 0.143. The van der Waals surface area contributed by atoms with Crippen molar-refractivity contribution in [3.63, 3.8) is 0 Å². The quantitative estimate of drug-likeness (QED) is 0.732. The molecular weight excluding hydrogens is 301 g/mol. The van der Waals surface area contributed by atoms with Gasteiger partial charge in [0, 0.05) is 10.6 Å². The van der Waals surface area contributed by atoms with Crippen LogP contribution >= 0.6 is 23.2 Å². The van der Waals surface area contributed by atoms with Gasteiger partial charge in [0.25, 0.3) is 0 Å². The number of hydrogen-bond acceptors (Lipinski definition) is 2.